The average molecular weight is 219 g/mol. The maximum Gasteiger partial charge on any atom is 0.226 e. The first-order chi connectivity index (χ1) is 7.76. The first kappa shape index (κ1) is 11.4. The molecule has 2 rings (SSSR count). The van der Waals surface area contributed by atoms with Crippen molar-refractivity contribution < 1.29 is 4.79 Å². The summed E-state index contributed by atoms with van der Waals surface area (Å²) in [7, 11) is 0. The first-order valence-electron chi connectivity index (χ1n) is 6.26. The zero-order chi connectivity index (χ0) is 11.5. The van der Waals surface area contributed by atoms with Crippen LogP contribution >= 0.6 is 0 Å². The molecule has 88 valence electrons. The molecule has 0 aromatic heterocycles. The van der Waals surface area contributed by atoms with E-state index in [1.807, 2.05) is 4.90 Å². The molecule has 2 heteroatoms. The van der Waals surface area contributed by atoms with Crippen molar-refractivity contribution in [3.05, 3.63) is 25.3 Å². The van der Waals surface area contributed by atoms with Gasteiger partial charge >= 0.3 is 0 Å². The van der Waals surface area contributed by atoms with E-state index in [0.29, 0.717) is 30.8 Å². The van der Waals surface area contributed by atoms with Crippen LogP contribution in [0.2, 0.25) is 0 Å². The minimum absolute atomic E-state index is 0.290. The molecule has 2 fully saturated rings. The van der Waals surface area contributed by atoms with Gasteiger partial charge in [-0.3, -0.25) is 4.79 Å². The van der Waals surface area contributed by atoms with E-state index >= 15 is 0 Å². The van der Waals surface area contributed by atoms with Crippen molar-refractivity contribution in [1.82, 2.24) is 4.90 Å². The Kier molecular flexibility index (Phi) is 3.47. The zero-order valence-electron chi connectivity index (χ0n) is 9.90. The summed E-state index contributed by atoms with van der Waals surface area (Å²) in [4.78, 5) is 14.2. The third-order valence-corrected chi connectivity index (χ3v) is 4.07. The van der Waals surface area contributed by atoms with Crippen LogP contribution in [0.3, 0.4) is 0 Å². The predicted molar refractivity (Wildman–Crippen MR) is 65.9 cm³/mol. The summed E-state index contributed by atoms with van der Waals surface area (Å²) in [6.07, 6.45) is 8.61. The van der Waals surface area contributed by atoms with Crippen LogP contribution in [0.4, 0.5) is 0 Å². The highest BCUT2D eigenvalue weighted by molar-refractivity contribution is 5.80. The molecular formula is C14H21NO. The van der Waals surface area contributed by atoms with Gasteiger partial charge < -0.3 is 4.90 Å². The van der Waals surface area contributed by atoms with E-state index in [9.17, 15) is 4.79 Å². The molecule has 2 aliphatic rings. The number of hydrogen-bond donors (Lipinski definition) is 0. The standard InChI is InChI=1S/C14H21NO/c1-3-7-15(8-4-2)14(16)13-10-11-5-6-12(13)9-11/h3-4,11-13H,1-2,5-10H2/t11-,12+,13-/m0/s1. The van der Waals surface area contributed by atoms with E-state index in [0.717, 1.165) is 12.3 Å². The van der Waals surface area contributed by atoms with Gasteiger partial charge in [0.15, 0.2) is 0 Å². The lowest BCUT2D eigenvalue weighted by atomic mass is 9.87. The van der Waals surface area contributed by atoms with Gasteiger partial charge in [-0.2, -0.15) is 0 Å². The molecule has 2 nitrogen and oxygen atoms in total. The van der Waals surface area contributed by atoms with E-state index < -0.39 is 0 Å². The Morgan fingerprint density at radius 1 is 1.19 bits per heavy atom. The topological polar surface area (TPSA) is 20.3 Å². The SMILES string of the molecule is C=CCN(CC=C)C(=O)[C@H]1C[C@H]2CC[C@@H]1C2. The third kappa shape index (κ3) is 2.06. The van der Waals surface area contributed by atoms with Crippen LogP contribution in [-0.4, -0.2) is 23.9 Å². The molecule has 0 aromatic carbocycles. The van der Waals surface area contributed by atoms with Crippen molar-refractivity contribution in [2.75, 3.05) is 13.1 Å². The molecule has 0 radical (unpaired) electrons. The highest BCUT2D eigenvalue weighted by Crippen LogP contribution is 2.48. The number of carbonyl (C=O) groups excluding carboxylic acids is 1. The molecule has 0 N–H and O–H groups in total. The molecule has 0 aromatic rings. The minimum atomic E-state index is 0.290. The lowest BCUT2D eigenvalue weighted by Gasteiger charge is -2.27. The van der Waals surface area contributed by atoms with Gasteiger partial charge in [-0.15, -0.1) is 13.2 Å². The molecule has 3 atom stereocenters. The summed E-state index contributed by atoms with van der Waals surface area (Å²) >= 11 is 0. The number of amides is 1. The summed E-state index contributed by atoms with van der Waals surface area (Å²) in [6.45, 7) is 8.73. The fourth-order valence-electron chi connectivity index (χ4n) is 3.35. The molecule has 0 saturated heterocycles. The van der Waals surface area contributed by atoms with Crippen LogP contribution in [0, 0.1) is 17.8 Å². The lowest BCUT2D eigenvalue weighted by molar-refractivity contribution is -0.136. The van der Waals surface area contributed by atoms with Crippen LogP contribution in [0.15, 0.2) is 25.3 Å². The molecule has 1 amide bonds. The number of fused-ring (bicyclic) bond motifs is 2. The normalized spacial score (nSPS) is 31.4. The van der Waals surface area contributed by atoms with E-state index in [1.165, 1.54) is 19.3 Å². The van der Waals surface area contributed by atoms with E-state index in [4.69, 9.17) is 0 Å². The summed E-state index contributed by atoms with van der Waals surface area (Å²) in [5.74, 6) is 2.11. The van der Waals surface area contributed by atoms with Crippen LogP contribution in [0.5, 0.6) is 0 Å². The van der Waals surface area contributed by atoms with Crippen molar-refractivity contribution >= 4 is 5.91 Å². The molecular weight excluding hydrogens is 198 g/mol. The van der Waals surface area contributed by atoms with E-state index in [-0.39, 0.29) is 0 Å². The van der Waals surface area contributed by atoms with E-state index in [1.54, 1.807) is 12.2 Å². The van der Waals surface area contributed by atoms with Crippen LogP contribution in [-0.2, 0) is 4.79 Å². The van der Waals surface area contributed by atoms with Gasteiger partial charge in [0.05, 0.1) is 0 Å². The van der Waals surface area contributed by atoms with Gasteiger partial charge in [-0.1, -0.05) is 18.6 Å². The molecule has 0 heterocycles. The minimum Gasteiger partial charge on any atom is -0.335 e. The Balaban J connectivity index is 1.99. The zero-order valence-corrected chi connectivity index (χ0v) is 9.90. The summed E-state index contributed by atoms with van der Waals surface area (Å²) in [6, 6.07) is 0. The van der Waals surface area contributed by atoms with Gasteiger partial charge in [0.2, 0.25) is 5.91 Å². The molecule has 16 heavy (non-hydrogen) atoms. The third-order valence-electron chi connectivity index (χ3n) is 4.07. The second kappa shape index (κ2) is 4.86. The quantitative estimate of drug-likeness (QED) is 0.651. The highest BCUT2D eigenvalue weighted by Gasteiger charge is 2.44. The smallest absolute Gasteiger partial charge is 0.226 e. The number of nitrogens with zero attached hydrogens (tertiary/aromatic N) is 1. The Bertz CT molecular complexity index is 287. The largest absolute Gasteiger partial charge is 0.335 e. The fourth-order valence-corrected chi connectivity index (χ4v) is 3.35. The van der Waals surface area contributed by atoms with Gasteiger partial charge in [0.1, 0.15) is 0 Å². The Hall–Kier alpha value is -1.05. The molecule has 0 aliphatic heterocycles. The summed E-state index contributed by atoms with van der Waals surface area (Å²) < 4.78 is 0. The monoisotopic (exact) mass is 219 g/mol. The second-order valence-electron chi connectivity index (χ2n) is 5.10. The van der Waals surface area contributed by atoms with Gasteiger partial charge in [-0.05, 0) is 31.1 Å². The Morgan fingerprint density at radius 3 is 2.31 bits per heavy atom. The Morgan fingerprint density at radius 2 is 1.88 bits per heavy atom. The summed E-state index contributed by atoms with van der Waals surface area (Å²) in [5, 5.41) is 0. The lowest BCUT2D eigenvalue weighted by Crippen LogP contribution is -2.38. The molecule has 0 spiro atoms. The van der Waals surface area contributed by atoms with Gasteiger partial charge in [-0.25, -0.2) is 0 Å². The van der Waals surface area contributed by atoms with Crippen molar-refractivity contribution in [3.63, 3.8) is 0 Å². The second-order valence-corrected chi connectivity index (χ2v) is 5.10. The summed E-state index contributed by atoms with van der Waals surface area (Å²) in [5.41, 5.74) is 0. The molecule has 2 bridgehead atoms. The van der Waals surface area contributed by atoms with Crippen molar-refractivity contribution in [1.29, 1.82) is 0 Å². The predicted octanol–water partition coefficient (Wildman–Crippen LogP) is 2.62. The average Bonchev–Trinajstić information content (AvgIpc) is 2.89. The number of hydrogen-bond acceptors (Lipinski definition) is 1. The van der Waals surface area contributed by atoms with Crippen LogP contribution in [0.1, 0.15) is 25.7 Å². The molecule has 0 unspecified atom stereocenters. The van der Waals surface area contributed by atoms with E-state index in [2.05, 4.69) is 13.2 Å². The fraction of sp³-hybridized carbons (Fsp3) is 0.643. The van der Waals surface area contributed by atoms with Gasteiger partial charge in [0, 0.05) is 19.0 Å². The van der Waals surface area contributed by atoms with Crippen LogP contribution in [0.25, 0.3) is 0 Å². The first-order valence-corrected chi connectivity index (χ1v) is 6.26. The van der Waals surface area contributed by atoms with Crippen molar-refractivity contribution in [2.45, 2.75) is 25.7 Å². The highest BCUT2D eigenvalue weighted by atomic mass is 16.2. The molecule has 2 aliphatic carbocycles. The number of rotatable bonds is 5. The van der Waals surface area contributed by atoms with Crippen molar-refractivity contribution in [2.24, 2.45) is 17.8 Å². The van der Waals surface area contributed by atoms with Gasteiger partial charge in [0.25, 0.3) is 0 Å². The maximum absolute atomic E-state index is 12.3. The maximum atomic E-state index is 12.3. The van der Waals surface area contributed by atoms with Crippen LogP contribution < -0.4 is 0 Å². The Labute approximate surface area is 98.0 Å². The number of carbonyl (C=O) groups is 1. The van der Waals surface area contributed by atoms with Crippen molar-refractivity contribution in [3.8, 4) is 0 Å². The molecule has 2 saturated carbocycles.